The summed E-state index contributed by atoms with van der Waals surface area (Å²) in [4.78, 5) is 0. The molecule has 1 aromatic rings. The van der Waals surface area contributed by atoms with Gasteiger partial charge in [-0.15, -0.1) is 0 Å². The van der Waals surface area contributed by atoms with Crippen molar-refractivity contribution in [3.05, 3.63) is 29.6 Å². The van der Waals surface area contributed by atoms with Gasteiger partial charge in [0.25, 0.3) is 0 Å². The fourth-order valence-electron chi connectivity index (χ4n) is 1.46. The Bertz CT molecular complexity index is 347. The van der Waals surface area contributed by atoms with Crippen LogP contribution in [0.4, 0.5) is 4.39 Å². The van der Waals surface area contributed by atoms with Gasteiger partial charge in [-0.3, -0.25) is 0 Å². The molecule has 0 spiro atoms. The first kappa shape index (κ1) is 13.9. The van der Waals surface area contributed by atoms with Crippen LogP contribution in [0.1, 0.15) is 5.56 Å². The molecule has 17 heavy (non-hydrogen) atoms. The van der Waals surface area contributed by atoms with Gasteiger partial charge < -0.3 is 19.9 Å². The summed E-state index contributed by atoms with van der Waals surface area (Å²) >= 11 is 0. The van der Waals surface area contributed by atoms with Crippen molar-refractivity contribution in [2.75, 3.05) is 27.4 Å². The molecule has 96 valence electrons. The lowest BCUT2D eigenvalue weighted by atomic mass is 10.2. The molecule has 0 aliphatic rings. The Morgan fingerprint density at radius 2 is 2.18 bits per heavy atom. The summed E-state index contributed by atoms with van der Waals surface area (Å²) in [5, 5.41) is 12.6. The number of benzene rings is 1. The highest BCUT2D eigenvalue weighted by Crippen LogP contribution is 2.17. The Balaban J connectivity index is 2.42. The Labute approximate surface area is 100 Å². The third kappa shape index (κ3) is 4.68. The van der Waals surface area contributed by atoms with E-state index < -0.39 is 0 Å². The number of ether oxygens (including phenoxy) is 2. The summed E-state index contributed by atoms with van der Waals surface area (Å²) in [7, 11) is 3.20. The highest BCUT2D eigenvalue weighted by atomic mass is 19.1. The largest absolute Gasteiger partial charge is 0.508 e. The second-order valence-electron chi connectivity index (χ2n) is 3.72. The van der Waals surface area contributed by atoms with Crippen LogP contribution in [0.15, 0.2) is 18.2 Å². The van der Waals surface area contributed by atoms with Gasteiger partial charge in [-0.05, 0) is 18.2 Å². The van der Waals surface area contributed by atoms with Gasteiger partial charge in [-0.2, -0.15) is 0 Å². The molecule has 0 radical (unpaired) electrons. The first-order valence-corrected chi connectivity index (χ1v) is 5.37. The molecule has 0 fully saturated rings. The average molecular weight is 243 g/mol. The molecule has 0 saturated heterocycles. The Morgan fingerprint density at radius 3 is 2.82 bits per heavy atom. The zero-order valence-electron chi connectivity index (χ0n) is 10.1. The van der Waals surface area contributed by atoms with Crippen molar-refractivity contribution in [3.8, 4) is 5.75 Å². The molecule has 1 aromatic carbocycles. The monoisotopic (exact) mass is 243 g/mol. The molecule has 0 aliphatic carbocycles. The first-order chi connectivity index (χ1) is 8.17. The van der Waals surface area contributed by atoms with Crippen LogP contribution in [0, 0.1) is 5.82 Å². The lowest BCUT2D eigenvalue weighted by Crippen LogP contribution is -2.31. The van der Waals surface area contributed by atoms with Crippen molar-refractivity contribution in [1.82, 2.24) is 5.32 Å². The van der Waals surface area contributed by atoms with Crippen molar-refractivity contribution in [3.63, 3.8) is 0 Å². The minimum absolute atomic E-state index is 0.0595. The predicted octanol–water partition coefficient (Wildman–Crippen LogP) is 1.28. The fourth-order valence-corrected chi connectivity index (χ4v) is 1.46. The van der Waals surface area contributed by atoms with Crippen LogP contribution in [0.25, 0.3) is 0 Å². The molecule has 5 heteroatoms. The molecule has 0 aromatic heterocycles. The number of methoxy groups -OCH3 is 2. The molecular weight excluding hydrogens is 225 g/mol. The van der Waals surface area contributed by atoms with Crippen LogP contribution >= 0.6 is 0 Å². The van der Waals surface area contributed by atoms with Crippen LogP contribution in [-0.4, -0.2) is 38.6 Å². The zero-order valence-corrected chi connectivity index (χ0v) is 10.1. The van der Waals surface area contributed by atoms with Gasteiger partial charge in [-0.25, -0.2) is 4.39 Å². The third-order valence-electron chi connectivity index (χ3n) is 2.41. The molecule has 0 aliphatic heterocycles. The van der Waals surface area contributed by atoms with Gasteiger partial charge in [0.2, 0.25) is 0 Å². The number of nitrogens with one attached hydrogen (secondary N) is 1. The second kappa shape index (κ2) is 7.21. The van der Waals surface area contributed by atoms with E-state index in [9.17, 15) is 9.50 Å². The summed E-state index contributed by atoms with van der Waals surface area (Å²) in [5.41, 5.74) is 0.525. The van der Waals surface area contributed by atoms with E-state index in [1.165, 1.54) is 18.2 Å². The highest BCUT2D eigenvalue weighted by Gasteiger charge is 2.07. The maximum Gasteiger partial charge on any atom is 0.123 e. The third-order valence-corrected chi connectivity index (χ3v) is 2.41. The molecule has 0 bridgehead atoms. The number of phenolic OH excluding ortho intramolecular Hbond substituents is 1. The number of hydrogen-bond donors (Lipinski definition) is 2. The van der Waals surface area contributed by atoms with E-state index in [1.54, 1.807) is 14.2 Å². The first-order valence-electron chi connectivity index (χ1n) is 5.37. The van der Waals surface area contributed by atoms with Crippen molar-refractivity contribution in [2.45, 2.75) is 12.6 Å². The van der Waals surface area contributed by atoms with E-state index in [-0.39, 0.29) is 17.7 Å². The molecule has 2 N–H and O–H groups in total. The lowest BCUT2D eigenvalue weighted by Gasteiger charge is -2.15. The average Bonchev–Trinajstić information content (AvgIpc) is 2.32. The SMILES string of the molecule is COCC(CNCc1cc(F)ccc1O)OC. The zero-order chi connectivity index (χ0) is 12.7. The second-order valence-corrected chi connectivity index (χ2v) is 3.72. The van der Waals surface area contributed by atoms with Crippen molar-refractivity contribution < 1.29 is 19.0 Å². The number of rotatable bonds is 7. The molecule has 0 heterocycles. The number of phenols is 1. The summed E-state index contributed by atoms with van der Waals surface area (Å²) in [6, 6.07) is 3.87. The standard InChI is InChI=1S/C12H18FNO3/c1-16-8-11(17-2)7-14-6-9-5-10(13)3-4-12(9)15/h3-5,11,14-15H,6-8H2,1-2H3. The van der Waals surface area contributed by atoms with E-state index in [4.69, 9.17) is 9.47 Å². The minimum atomic E-state index is -0.361. The Morgan fingerprint density at radius 1 is 1.41 bits per heavy atom. The van der Waals surface area contributed by atoms with Crippen LogP contribution in [0.5, 0.6) is 5.75 Å². The molecule has 1 atom stereocenters. The predicted molar refractivity (Wildman–Crippen MR) is 62.4 cm³/mol. The Kier molecular flexibility index (Phi) is 5.90. The highest BCUT2D eigenvalue weighted by molar-refractivity contribution is 5.32. The van der Waals surface area contributed by atoms with E-state index >= 15 is 0 Å². The van der Waals surface area contributed by atoms with E-state index in [1.807, 2.05) is 0 Å². The molecule has 0 saturated carbocycles. The Hall–Kier alpha value is -1.17. The van der Waals surface area contributed by atoms with Crippen molar-refractivity contribution >= 4 is 0 Å². The van der Waals surface area contributed by atoms with Crippen LogP contribution in [-0.2, 0) is 16.0 Å². The maximum absolute atomic E-state index is 12.9. The van der Waals surface area contributed by atoms with E-state index in [0.717, 1.165) is 0 Å². The summed E-state index contributed by atoms with van der Waals surface area (Å²) in [6.07, 6.45) is -0.0595. The van der Waals surface area contributed by atoms with Gasteiger partial charge in [-0.1, -0.05) is 0 Å². The smallest absolute Gasteiger partial charge is 0.123 e. The van der Waals surface area contributed by atoms with Crippen molar-refractivity contribution in [2.24, 2.45) is 0 Å². The summed E-state index contributed by atoms with van der Waals surface area (Å²) in [5.74, 6) is -0.278. The molecular formula is C12H18FNO3. The molecule has 4 nitrogen and oxygen atoms in total. The number of halogens is 1. The quantitative estimate of drug-likeness (QED) is 0.757. The van der Waals surface area contributed by atoms with E-state index in [0.29, 0.717) is 25.3 Å². The molecule has 1 unspecified atom stereocenters. The molecule has 1 rings (SSSR count). The summed E-state index contributed by atoms with van der Waals surface area (Å²) in [6.45, 7) is 1.44. The summed E-state index contributed by atoms with van der Waals surface area (Å²) < 4.78 is 23.1. The van der Waals surface area contributed by atoms with Gasteiger partial charge >= 0.3 is 0 Å². The van der Waals surface area contributed by atoms with Crippen LogP contribution < -0.4 is 5.32 Å². The molecule has 0 amide bonds. The van der Waals surface area contributed by atoms with Gasteiger partial charge in [0, 0.05) is 32.9 Å². The number of hydrogen-bond acceptors (Lipinski definition) is 4. The lowest BCUT2D eigenvalue weighted by molar-refractivity contribution is 0.0287. The normalized spacial score (nSPS) is 12.6. The van der Waals surface area contributed by atoms with Gasteiger partial charge in [0.05, 0.1) is 12.7 Å². The van der Waals surface area contributed by atoms with Crippen LogP contribution in [0.3, 0.4) is 0 Å². The van der Waals surface area contributed by atoms with Crippen LogP contribution in [0.2, 0.25) is 0 Å². The van der Waals surface area contributed by atoms with E-state index in [2.05, 4.69) is 5.32 Å². The van der Waals surface area contributed by atoms with Crippen molar-refractivity contribution in [1.29, 1.82) is 0 Å². The van der Waals surface area contributed by atoms with Gasteiger partial charge in [0.15, 0.2) is 0 Å². The fraction of sp³-hybridized carbons (Fsp3) is 0.500. The maximum atomic E-state index is 12.9. The topological polar surface area (TPSA) is 50.7 Å². The minimum Gasteiger partial charge on any atom is -0.508 e. The van der Waals surface area contributed by atoms with Gasteiger partial charge in [0.1, 0.15) is 11.6 Å². The number of aromatic hydroxyl groups is 1.